The van der Waals surface area contributed by atoms with Crippen LogP contribution in [0.2, 0.25) is 0 Å². The second-order valence-corrected chi connectivity index (χ2v) is 10.9. The van der Waals surface area contributed by atoms with Crippen molar-refractivity contribution in [1.82, 2.24) is 0 Å². The second-order valence-electron chi connectivity index (χ2n) is 10.9. The normalized spacial score (nSPS) is 22.5. The van der Waals surface area contributed by atoms with Crippen molar-refractivity contribution in [2.24, 2.45) is 23.7 Å². The summed E-state index contributed by atoms with van der Waals surface area (Å²) >= 11 is 0. The Labute approximate surface area is 211 Å². The van der Waals surface area contributed by atoms with Crippen molar-refractivity contribution in [2.75, 3.05) is 13.2 Å². The highest BCUT2D eigenvalue weighted by molar-refractivity contribution is 5.82. The summed E-state index contributed by atoms with van der Waals surface area (Å²) in [6.45, 7) is 9.62. The number of ether oxygens (including phenoxy) is 2. The molecule has 0 N–H and O–H groups in total. The fourth-order valence-electron chi connectivity index (χ4n) is 5.36. The van der Waals surface area contributed by atoms with E-state index in [9.17, 15) is 9.59 Å². The third-order valence-electron chi connectivity index (χ3n) is 7.72. The quantitative estimate of drug-likeness (QED) is 0.129. The van der Waals surface area contributed by atoms with Crippen molar-refractivity contribution in [3.63, 3.8) is 0 Å². The summed E-state index contributed by atoms with van der Waals surface area (Å²) < 4.78 is 11.4. The summed E-state index contributed by atoms with van der Waals surface area (Å²) in [5.41, 5.74) is 0. The third-order valence-corrected chi connectivity index (χ3v) is 7.72. The highest BCUT2D eigenvalue weighted by Gasteiger charge is 2.45. The number of esters is 2. The number of hydrogen-bond acceptors (Lipinski definition) is 4. The van der Waals surface area contributed by atoms with Gasteiger partial charge in [0, 0.05) is 0 Å². The van der Waals surface area contributed by atoms with Gasteiger partial charge in [0.15, 0.2) is 0 Å². The van der Waals surface area contributed by atoms with Gasteiger partial charge in [-0.15, -0.1) is 0 Å². The largest absolute Gasteiger partial charge is 0.465 e. The molecule has 0 radical (unpaired) electrons. The predicted molar refractivity (Wildman–Crippen MR) is 142 cm³/mol. The fourth-order valence-corrected chi connectivity index (χ4v) is 5.36. The van der Waals surface area contributed by atoms with E-state index in [-0.39, 0.29) is 35.6 Å². The van der Waals surface area contributed by atoms with Crippen molar-refractivity contribution >= 4 is 11.9 Å². The van der Waals surface area contributed by atoms with Crippen LogP contribution in [0.15, 0.2) is 0 Å². The van der Waals surface area contributed by atoms with Crippen LogP contribution in [0.1, 0.15) is 143 Å². The maximum absolute atomic E-state index is 13.0. The molecule has 4 nitrogen and oxygen atoms in total. The molecule has 1 aliphatic carbocycles. The van der Waals surface area contributed by atoms with E-state index in [4.69, 9.17) is 9.47 Å². The lowest BCUT2D eigenvalue weighted by molar-refractivity contribution is -0.168. The topological polar surface area (TPSA) is 52.6 Å². The second kappa shape index (κ2) is 20.2. The Balaban J connectivity index is 2.32. The Morgan fingerprint density at radius 2 is 0.824 bits per heavy atom. The summed E-state index contributed by atoms with van der Waals surface area (Å²) in [6.07, 6.45) is 21.5. The minimum absolute atomic E-state index is 0.169. The van der Waals surface area contributed by atoms with Gasteiger partial charge in [0.2, 0.25) is 0 Å². The third kappa shape index (κ3) is 13.1. The number of carbonyl (C=O) groups is 2. The molecule has 4 atom stereocenters. The number of carbonyl (C=O) groups excluding carboxylic acids is 2. The molecule has 0 saturated heterocycles. The van der Waals surface area contributed by atoms with E-state index in [0.717, 1.165) is 38.5 Å². The Hall–Kier alpha value is -1.06. The molecule has 0 spiro atoms. The molecule has 0 aromatic heterocycles. The van der Waals surface area contributed by atoms with Crippen molar-refractivity contribution in [3.05, 3.63) is 0 Å². The first-order chi connectivity index (χ1) is 16.5. The maximum Gasteiger partial charge on any atom is 0.310 e. The van der Waals surface area contributed by atoms with E-state index in [1.807, 2.05) is 0 Å². The first-order valence-electron chi connectivity index (χ1n) is 14.9. The molecule has 34 heavy (non-hydrogen) atoms. The monoisotopic (exact) mass is 480 g/mol. The molecule has 0 aliphatic heterocycles. The van der Waals surface area contributed by atoms with Gasteiger partial charge in [-0.1, -0.05) is 118 Å². The fraction of sp³-hybridized carbons (Fsp3) is 0.933. The number of hydrogen-bond donors (Lipinski definition) is 0. The molecule has 1 fully saturated rings. The van der Waals surface area contributed by atoms with Crippen molar-refractivity contribution < 1.29 is 19.1 Å². The molecule has 0 aromatic carbocycles. The van der Waals surface area contributed by atoms with Crippen LogP contribution in [0.25, 0.3) is 0 Å². The smallest absolute Gasteiger partial charge is 0.310 e. The van der Waals surface area contributed by atoms with Crippen LogP contribution in [-0.4, -0.2) is 25.2 Å². The van der Waals surface area contributed by atoms with Gasteiger partial charge in [-0.3, -0.25) is 9.59 Å². The zero-order valence-corrected chi connectivity index (χ0v) is 23.1. The standard InChI is InChI=1S/C30H56O4/c1-5-7-9-11-13-15-17-19-23-33-29(31)27-25(3)21-22-26(4)28(27)30(32)34-24-20-18-16-14-12-10-8-6-2/h25-28H,5-24H2,1-4H3. The zero-order chi connectivity index (χ0) is 25.0. The molecule has 0 heterocycles. The Morgan fingerprint density at radius 3 is 1.15 bits per heavy atom. The minimum atomic E-state index is -0.358. The minimum Gasteiger partial charge on any atom is -0.465 e. The Morgan fingerprint density at radius 1 is 0.529 bits per heavy atom. The lowest BCUT2D eigenvalue weighted by atomic mass is 9.67. The van der Waals surface area contributed by atoms with Crippen LogP contribution in [0.3, 0.4) is 0 Å². The zero-order valence-electron chi connectivity index (χ0n) is 23.1. The van der Waals surface area contributed by atoms with Crippen molar-refractivity contribution in [3.8, 4) is 0 Å². The summed E-state index contributed by atoms with van der Waals surface area (Å²) in [5, 5.41) is 0. The molecule has 0 amide bonds. The van der Waals surface area contributed by atoms with Gasteiger partial charge in [0.25, 0.3) is 0 Å². The van der Waals surface area contributed by atoms with Gasteiger partial charge < -0.3 is 9.47 Å². The Kier molecular flexibility index (Phi) is 18.4. The SMILES string of the molecule is CCCCCCCCCCOC(=O)C1C(C)CCC(C)C1C(=O)OCCCCCCCCCC. The molecular weight excluding hydrogens is 424 g/mol. The summed E-state index contributed by atoms with van der Waals surface area (Å²) in [4.78, 5) is 25.9. The first kappa shape index (κ1) is 31.0. The van der Waals surface area contributed by atoms with Gasteiger partial charge in [-0.2, -0.15) is 0 Å². The molecule has 0 aromatic rings. The summed E-state index contributed by atoms with van der Waals surface area (Å²) in [6, 6.07) is 0. The van der Waals surface area contributed by atoms with E-state index in [0.29, 0.717) is 13.2 Å². The van der Waals surface area contributed by atoms with Crippen LogP contribution < -0.4 is 0 Å². The summed E-state index contributed by atoms with van der Waals surface area (Å²) in [7, 11) is 0. The van der Waals surface area contributed by atoms with Gasteiger partial charge in [0.1, 0.15) is 0 Å². The van der Waals surface area contributed by atoms with Gasteiger partial charge in [-0.05, 0) is 37.5 Å². The maximum atomic E-state index is 13.0. The molecule has 4 heteroatoms. The van der Waals surface area contributed by atoms with E-state index >= 15 is 0 Å². The molecule has 1 aliphatic rings. The number of unbranched alkanes of at least 4 members (excludes halogenated alkanes) is 14. The van der Waals surface area contributed by atoms with Gasteiger partial charge in [-0.25, -0.2) is 0 Å². The lowest BCUT2D eigenvalue weighted by Gasteiger charge is -2.37. The molecule has 4 unspecified atom stereocenters. The molecule has 200 valence electrons. The first-order valence-corrected chi connectivity index (χ1v) is 14.9. The van der Waals surface area contributed by atoms with Gasteiger partial charge >= 0.3 is 11.9 Å². The molecular formula is C30H56O4. The average Bonchev–Trinajstić information content (AvgIpc) is 2.82. The summed E-state index contributed by atoms with van der Waals surface area (Å²) in [5.74, 6) is -0.745. The van der Waals surface area contributed by atoms with Crippen LogP contribution in [0.4, 0.5) is 0 Å². The Bertz CT molecular complexity index is 472. The predicted octanol–water partition coefficient (Wildman–Crippen LogP) is 8.65. The van der Waals surface area contributed by atoms with Crippen LogP contribution in [-0.2, 0) is 19.1 Å². The van der Waals surface area contributed by atoms with Crippen LogP contribution in [0, 0.1) is 23.7 Å². The number of rotatable bonds is 20. The van der Waals surface area contributed by atoms with E-state index < -0.39 is 0 Å². The highest BCUT2D eigenvalue weighted by atomic mass is 16.5. The van der Waals surface area contributed by atoms with E-state index in [2.05, 4.69) is 27.7 Å². The highest BCUT2D eigenvalue weighted by Crippen LogP contribution is 2.40. The molecule has 1 rings (SSSR count). The van der Waals surface area contributed by atoms with Crippen molar-refractivity contribution in [2.45, 2.75) is 143 Å². The van der Waals surface area contributed by atoms with E-state index in [1.54, 1.807) is 0 Å². The lowest BCUT2D eigenvalue weighted by Crippen LogP contribution is -2.43. The van der Waals surface area contributed by atoms with Crippen LogP contribution in [0.5, 0.6) is 0 Å². The van der Waals surface area contributed by atoms with Gasteiger partial charge in [0.05, 0.1) is 25.0 Å². The molecule has 1 saturated carbocycles. The van der Waals surface area contributed by atoms with Crippen LogP contribution >= 0.6 is 0 Å². The van der Waals surface area contributed by atoms with Crippen molar-refractivity contribution in [1.29, 1.82) is 0 Å². The van der Waals surface area contributed by atoms with E-state index in [1.165, 1.54) is 77.0 Å². The molecule has 0 bridgehead atoms. The average molecular weight is 481 g/mol.